The van der Waals surface area contributed by atoms with Crippen LogP contribution >= 0.6 is 0 Å². The molecule has 0 N–H and O–H groups in total. The summed E-state index contributed by atoms with van der Waals surface area (Å²) >= 11 is 0. The van der Waals surface area contributed by atoms with Gasteiger partial charge in [0.2, 0.25) is 5.88 Å². The molecule has 0 saturated heterocycles. The maximum absolute atomic E-state index is 6.63. The van der Waals surface area contributed by atoms with Gasteiger partial charge in [0.15, 0.2) is 0 Å². The normalized spacial score (nSPS) is 17.2. The van der Waals surface area contributed by atoms with E-state index in [0.717, 1.165) is 74.6 Å². The standard InChI is InChI=1S/C27H27NO2/c1-18-15-16-24(26-20(18)12-7-17-29-26)28-23-13-4-2-8-19(23)9-6-11-22-21-10-3-5-14-25(21)30-27(22)28/h2-4,8,10,13,15-16H,5-7,9,11-12,14,17H2,1H3. The highest BCUT2D eigenvalue weighted by molar-refractivity contribution is 5.84. The molecule has 152 valence electrons. The van der Waals surface area contributed by atoms with Crippen molar-refractivity contribution in [2.24, 2.45) is 0 Å². The average molecular weight is 398 g/mol. The number of hydrogen-bond donors (Lipinski definition) is 0. The number of rotatable bonds is 1. The van der Waals surface area contributed by atoms with Gasteiger partial charge in [-0.3, -0.25) is 4.90 Å². The maximum atomic E-state index is 6.63. The van der Waals surface area contributed by atoms with Crippen LogP contribution in [0.25, 0.3) is 6.08 Å². The first kappa shape index (κ1) is 17.9. The molecule has 0 radical (unpaired) electrons. The predicted molar refractivity (Wildman–Crippen MR) is 121 cm³/mol. The van der Waals surface area contributed by atoms with Crippen molar-refractivity contribution in [2.45, 2.75) is 51.9 Å². The quantitative estimate of drug-likeness (QED) is 0.450. The fraction of sp³-hybridized carbons (Fsp3) is 0.333. The van der Waals surface area contributed by atoms with Crippen molar-refractivity contribution in [1.29, 1.82) is 0 Å². The van der Waals surface area contributed by atoms with Gasteiger partial charge in [-0.25, -0.2) is 0 Å². The summed E-state index contributed by atoms with van der Waals surface area (Å²) in [5.41, 5.74) is 9.02. The Morgan fingerprint density at radius 1 is 0.867 bits per heavy atom. The first-order valence-corrected chi connectivity index (χ1v) is 11.3. The molecule has 0 atom stereocenters. The van der Waals surface area contributed by atoms with Gasteiger partial charge in [-0.1, -0.05) is 36.4 Å². The second-order valence-corrected chi connectivity index (χ2v) is 8.64. The number of para-hydroxylation sites is 1. The Hall–Kier alpha value is -2.94. The zero-order chi connectivity index (χ0) is 20.1. The van der Waals surface area contributed by atoms with Crippen molar-refractivity contribution in [1.82, 2.24) is 0 Å². The molecule has 0 spiro atoms. The van der Waals surface area contributed by atoms with Crippen LogP contribution in [0.2, 0.25) is 0 Å². The van der Waals surface area contributed by atoms with Gasteiger partial charge in [-0.15, -0.1) is 0 Å². The van der Waals surface area contributed by atoms with Crippen molar-refractivity contribution in [3.8, 4) is 5.75 Å². The van der Waals surface area contributed by atoms with E-state index in [-0.39, 0.29) is 0 Å². The zero-order valence-corrected chi connectivity index (χ0v) is 17.5. The molecular weight excluding hydrogens is 370 g/mol. The largest absolute Gasteiger partial charge is 0.491 e. The number of allylic oxidation sites excluding steroid dienone is 1. The minimum atomic E-state index is 0.781. The molecule has 2 aliphatic heterocycles. The van der Waals surface area contributed by atoms with E-state index in [1.807, 2.05) is 0 Å². The van der Waals surface area contributed by atoms with Gasteiger partial charge in [-0.2, -0.15) is 0 Å². The molecule has 0 saturated carbocycles. The van der Waals surface area contributed by atoms with Crippen molar-refractivity contribution in [3.05, 3.63) is 76.1 Å². The van der Waals surface area contributed by atoms with Gasteiger partial charge in [0.05, 0.1) is 18.0 Å². The van der Waals surface area contributed by atoms with Crippen LogP contribution in [0.4, 0.5) is 17.3 Å². The summed E-state index contributed by atoms with van der Waals surface area (Å²) in [6.45, 7) is 2.98. The zero-order valence-electron chi connectivity index (χ0n) is 17.5. The van der Waals surface area contributed by atoms with Gasteiger partial charge >= 0.3 is 0 Å². The number of fused-ring (bicyclic) bond motifs is 5. The Morgan fingerprint density at radius 2 is 1.77 bits per heavy atom. The third kappa shape index (κ3) is 2.72. The lowest BCUT2D eigenvalue weighted by Crippen LogP contribution is -2.19. The summed E-state index contributed by atoms with van der Waals surface area (Å²) in [5.74, 6) is 3.15. The number of anilines is 3. The van der Waals surface area contributed by atoms with Gasteiger partial charge in [0.1, 0.15) is 11.5 Å². The molecule has 6 rings (SSSR count). The van der Waals surface area contributed by atoms with Crippen molar-refractivity contribution in [3.63, 3.8) is 0 Å². The lowest BCUT2D eigenvalue weighted by atomic mass is 9.94. The van der Waals surface area contributed by atoms with E-state index in [1.165, 1.54) is 33.5 Å². The number of nitrogens with zero attached hydrogens (tertiary/aromatic N) is 1. The van der Waals surface area contributed by atoms with Gasteiger partial charge in [0.25, 0.3) is 0 Å². The Morgan fingerprint density at radius 3 is 2.73 bits per heavy atom. The van der Waals surface area contributed by atoms with E-state index in [0.29, 0.717) is 0 Å². The van der Waals surface area contributed by atoms with Crippen LogP contribution in [0.1, 0.15) is 52.8 Å². The molecule has 0 fully saturated rings. The van der Waals surface area contributed by atoms with Gasteiger partial charge in [0, 0.05) is 17.5 Å². The molecule has 0 bridgehead atoms. The van der Waals surface area contributed by atoms with E-state index in [9.17, 15) is 0 Å². The van der Waals surface area contributed by atoms with Crippen LogP contribution in [0.15, 0.2) is 46.9 Å². The average Bonchev–Trinajstić information content (AvgIpc) is 3.13. The Bertz CT molecular complexity index is 1150. The van der Waals surface area contributed by atoms with Crippen LogP contribution < -0.4 is 9.64 Å². The summed E-state index contributed by atoms with van der Waals surface area (Å²) in [6.07, 6.45) is 12.0. The molecule has 1 aromatic heterocycles. The highest BCUT2D eigenvalue weighted by Gasteiger charge is 2.31. The highest BCUT2D eigenvalue weighted by Crippen LogP contribution is 2.49. The molecule has 3 heteroatoms. The molecule has 1 aliphatic carbocycles. The van der Waals surface area contributed by atoms with Gasteiger partial charge in [-0.05, 0) is 74.3 Å². The Balaban J connectivity index is 1.64. The fourth-order valence-electron chi connectivity index (χ4n) is 5.26. The van der Waals surface area contributed by atoms with Crippen molar-refractivity contribution in [2.75, 3.05) is 11.5 Å². The van der Waals surface area contributed by atoms with E-state index >= 15 is 0 Å². The van der Waals surface area contributed by atoms with Crippen molar-refractivity contribution >= 4 is 23.3 Å². The van der Waals surface area contributed by atoms with Gasteiger partial charge < -0.3 is 9.15 Å². The third-order valence-corrected chi connectivity index (χ3v) is 6.77. The molecule has 3 aliphatic rings. The fourth-order valence-corrected chi connectivity index (χ4v) is 5.26. The molecule has 30 heavy (non-hydrogen) atoms. The van der Waals surface area contributed by atoms with Crippen molar-refractivity contribution < 1.29 is 9.15 Å². The number of hydrogen-bond acceptors (Lipinski definition) is 3. The van der Waals surface area contributed by atoms with Crippen LogP contribution in [-0.4, -0.2) is 6.61 Å². The number of ether oxygens (including phenoxy) is 1. The minimum absolute atomic E-state index is 0.781. The van der Waals surface area contributed by atoms with Crippen LogP contribution in [0.5, 0.6) is 5.75 Å². The lowest BCUT2D eigenvalue weighted by molar-refractivity contribution is 0.288. The van der Waals surface area contributed by atoms with E-state index in [4.69, 9.17) is 9.15 Å². The summed E-state index contributed by atoms with van der Waals surface area (Å²) in [6, 6.07) is 13.2. The minimum Gasteiger partial charge on any atom is -0.491 e. The molecular formula is C27H27NO2. The van der Waals surface area contributed by atoms with Crippen LogP contribution in [-0.2, 0) is 25.7 Å². The molecule has 3 nitrogen and oxygen atoms in total. The summed E-state index contributed by atoms with van der Waals surface area (Å²) in [5, 5.41) is 0. The second-order valence-electron chi connectivity index (χ2n) is 8.64. The summed E-state index contributed by atoms with van der Waals surface area (Å²) < 4.78 is 12.9. The molecule has 0 unspecified atom stereocenters. The summed E-state index contributed by atoms with van der Waals surface area (Å²) in [7, 11) is 0. The molecule has 3 aromatic rings. The highest BCUT2D eigenvalue weighted by atomic mass is 16.5. The molecule has 3 heterocycles. The number of benzene rings is 2. The Labute approximate surface area is 178 Å². The Kier molecular flexibility index (Phi) is 4.22. The maximum Gasteiger partial charge on any atom is 0.208 e. The predicted octanol–water partition coefficient (Wildman–Crippen LogP) is 6.83. The number of furan rings is 1. The lowest BCUT2D eigenvalue weighted by Gasteiger charge is -2.32. The van der Waals surface area contributed by atoms with Crippen LogP contribution in [0.3, 0.4) is 0 Å². The van der Waals surface area contributed by atoms with E-state index in [2.05, 4.69) is 60.4 Å². The summed E-state index contributed by atoms with van der Waals surface area (Å²) in [4.78, 5) is 2.35. The van der Waals surface area contributed by atoms with E-state index in [1.54, 1.807) is 0 Å². The molecule has 2 aromatic carbocycles. The SMILES string of the molecule is Cc1ccc(N2c3ccccc3CCCc3c2oc2c3C=CCC2)c2c1CCCO2. The van der Waals surface area contributed by atoms with Crippen LogP contribution in [0, 0.1) is 6.92 Å². The third-order valence-electron chi connectivity index (χ3n) is 6.77. The van der Waals surface area contributed by atoms with E-state index < -0.39 is 0 Å². The first-order chi connectivity index (χ1) is 14.8. The topological polar surface area (TPSA) is 25.6 Å². The number of aryl methyl sites for hydroxylation is 3. The second kappa shape index (κ2) is 7.09. The molecule has 0 amide bonds. The monoisotopic (exact) mass is 397 g/mol. The first-order valence-electron chi connectivity index (χ1n) is 11.3. The smallest absolute Gasteiger partial charge is 0.208 e.